The van der Waals surface area contributed by atoms with Crippen molar-refractivity contribution in [3.8, 4) is 29.0 Å². The van der Waals surface area contributed by atoms with Gasteiger partial charge in [-0.05, 0) is 36.2 Å². The first-order chi connectivity index (χ1) is 11.5. The van der Waals surface area contributed by atoms with Gasteiger partial charge in [-0.15, -0.1) is 6.42 Å². The number of aliphatic hydroxyl groups excluding tert-OH is 1. The van der Waals surface area contributed by atoms with Gasteiger partial charge in [0.05, 0.1) is 0 Å². The number of nitrogens with zero attached hydrogens (tertiary/aromatic N) is 4. The molecule has 1 fully saturated rings. The highest BCUT2D eigenvalue weighted by molar-refractivity contribution is 7.09. The molecule has 1 aromatic carbocycles. The highest BCUT2D eigenvalue weighted by Crippen LogP contribution is 2.25. The molecule has 1 unspecified atom stereocenters. The molecular weight excluding hydrogens is 331 g/mol. The van der Waals surface area contributed by atoms with Gasteiger partial charge < -0.3 is 10.0 Å². The van der Waals surface area contributed by atoms with Gasteiger partial charge in [-0.25, -0.2) is 9.37 Å². The number of aliphatic hydroxyl groups is 1. The zero-order valence-corrected chi connectivity index (χ0v) is 13.5. The van der Waals surface area contributed by atoms with Crippen molar-refractivity contribution in [2.45, 2.75) is 12.5 Å². The molecule has 3 rings (SSSR count). The number of carbonyl (C=O) groups is 1. The van der Waals surface area contributed by atoms with Gasteiger partial charge in [0.1, 0.15) is 23.0 Å². The quantitative estimate of drug-likeness (QED) is 0.790. The number of carbonyl (C=O) groups excluding carboxylic acids is 1. The molecule has 1 aromatic heterocycles. The lowest BCUT2D eigenvalue weighted by Gasteiger charge is -2.04. The Bertz CT molecular complexity index is 825. The average molecular weight is 344 g/mol. The van der Waals surface area contributed by atoms with E-state index in [4.69, 9.17) is 16.8 Å². The highest BCUT2D eigenvalue weighted by Gasteiger charge is 2.25. The van der Waals surface area contributed by atoms with Crippen LogP contribution in [0, 0.1) is 29.5 Å². The zero-order valence-electron chi connectivity index (χ0n) is 12.7. The van der Waals surface area contributed by atoms with E-state index in [0.717, 1.165) is 11.5 Å². The molecule has 2 heterocycles. The van der Waals surface area contributed by atoms with Crippen LogP contribution in [0.15, 0.2) is 18.2 Å². The van der Waals surface area contributed by atoms with Crippen LogP contribution in [0.3, 0.4) is 0 Å². The summed E-state index contributed by atoms with van der Waals surface area (Å²) >= 11 is 0.968. The number of likely N-dealkylation sites (N-methyl/N-ethyl adjacent to an activating group) is 1. The van der Waals surface area contributed by atoms with Crippen LogP contribution in [0.2, 0.25) is 0 Å². The molecule has 1 atom stereocenters. The predicted molar refractivity (Wildman–Crippen MR) is 86.2 cm³/mol. The summed E-state index contributed by atoms with van der Waals surface area (Å²) < 4.78 is 17.3. The van der Waals surface area contributed by atoms with Gasteiger partial charge in [-0.1, -0.05) is 5.92 Å². The minimum absolute atomic E-state index is 0.0329. The topological polar surface area (TPSA) is 90.1 Å². The van der Waals surface area contributed by atoms with Gasteiger partial charge in [0, 0.05) is 24.7 Å². The van der Waals surface area contributed by atoms with Crippen LogP contribution in [0.4, 0.5) is 4.39 Å². The van der Waals surface area contributed by atoms with Crippen molar-refractivity contribution in [1.82, 2.24) is 14.3 Å². The summed E-state index contributed by atoms with van der Waals surface area (Å²) in [6.07, 6.45) is 5.09. The molecule has 6 nitrogen and oxygen atoms in total. The molecule has 1 amide bonds. The second-order valence-electron chi connectivity index (χ2n) is 4.94. The van der Waals surface area contributed by atoms with Gasteiger partial charge in [0.15, 0.2) is 0 Å². The van der Waals surface area contributed by atoms with E-state index in [0.29, 0.717) is 23.5 Å². The highest BCUT2D eigenvalue weighted by atomic mass is 32.1. The van der Waals surface area contributed by atoms with Crippen LogP contribution in [-0.2, 0) is 4.79 Å². The number of hydrogen-bond acceptors (Lipinski definition) is 6. The fourth-order valence-corrected chi connectivity index (χ4v) is 2.60. The number of amides is 1. The molecular formula is C16H13FN4O2S. The molecule has 8 heteroatoms. The van der Waals surface area contributed by atoms with Crippen molar-refractivity contribution in [1.29, 1.82) is 5.26 Å². The average Bonchev–Trinajstić information content (AvgIpc) is 3.18. The normalized spacial score (nSPS) is 16.1. The van der Waals surface area contributed by atoms with Crippen molar-refractivity contribution in [3.05, 3.63) is 35.4 Å². The lowest BCUT2D eigenvalue weighted by atomic mass is 10.1. The number of hydrogen-bond donors (Lipinski definition) is 1. The number of rotatable bonds is 1. The summed E-state index contributed by atoms with van der Waals surface area (Å²) in [5.74, 6) is 1.86. The summed E-state index contributed by atoms with van der Waals surface area (Å²) in [5, 5.41) is 17.7. The third-order valence-corrected chi connectivity index (χ3v) is 4.04. The van der Waals surface area contributed by atoms with E-state index >= 15 is 0 Å². The third kappa shape index (κ3) is 3.93. The molecule has 0 bridgehead atoms. The van der Waals surface area contributed by atoms with Crippen LogP contribution in [0.5, 0.6) is 0 Å². The Kier molecular flexibility index (Phi) is 5.59. The van der Waals surface area contributed by atoms with Crippen LogP contribution in [0.25, 0.3) is 10.6 Å². The van der Waals surface area contributed by atoms with Crippen LogP contribution >= 0.6 is 11.5 Å². The number of terminal acetylenes is 1. The molecule has 0 saturated carbocycles. The first-order valence-corrected chi connectivity index (χ1v) is 7.67. The lowest BCUT2D eigenvalue weighted by molar-refractivity contribution is -0.133. The Morgan fingerprint density at radius 3 is 2.75 bits per heavy atom. The fourth-order valence-electron chi connectivity index (χ4n) is 1.96. The third-order valence-electron chi connectivity index (χ3n) is 3.29. The maximum Gasteiger partial charge on any atom is 0.251 e. The molecule has 1 N–H and O–H groups in total. The van der Waals surface area contributed by atoms with E-state index in [1.165, 1.54) is 23.1 Å². The van der Waals surface area contributed by atoms with E-state index in [1.54, 1.807) is 13.1 Å². The van der Waals surface area contributed by atoms with E-state index in [1.807, 2.05) is 0 Å². The van der Waals surface area contributed by atoms with Crippen molar-refractivity contribution in [3.63, 3.8) is 0 Å². The molecule has 1 saturated heterocycles. The molecule has 0 radical (unpaired) electrons. The first kappa shape index (κ1) is 17.5. The minimum Gasteiger partial charge on any atom is -0.383 e. The number of benzene rings is 1. The largest absolute Gasteiger partial charge is 0.383 e. The van der Waals surface area contributed by atoms with Gasteiger partial charge in [-0.3, -0.25) is 4.79 Å². The zero-order chi connectivity index (χ0) is 17.7. The molecule has 0 spiro atoms. The van der Waals surface area contributed by atoms with E-state index in [9.17, 15) is 9.18 Å². The molecule has 2 aromatic rings. The van der Waals surface area contributed by atoms with Gasteiger partial charge in [0.25, 0.3) is 5.91 Å². The van der Waals surface area contributed by atoms with Gasteiger partial charge in [-0.2, -0.15) is 9.64 Å². The lowest BCUT2D eigenvalue weighted by Crippen LogP contribution is -2.24. The maximum atomic E-state index is 13.5. The molecule has 122 valence electrons. The molecule has 24 heavy (non-hydrogen) atoms. The Labute approximate surface area is 142 Å². The second kappa shape index (κ2) is 7.64. The Balaban J connectivity index is 0.000000219. The molecule has 0 aliphatic carbocycles. The predicted octanol–water partition coefficient (Wildman–Crippen LogP) is 1.41. The van der Waals surface area contributed by atoms with Gasteiger partial charge in [0.2, 0.25) is 5.82 Å². The SMILES string of the molecule is C#Cc1ccc(F)c(-c2nc(C#N)ns2)c1.CN1CCC(O)C1=O. The number of nitriles is 1. The monoisotopic (exact) mass is 344 g/mol. The van der Waals surface area contributed by atoms with Crippen LogP contribution in [0.1, 0.15) is 17.8 Å². The van der Waals surface area contributed by atoms with Crippen molar-refractivity contribution in [2.75, 3.05) is 13.6 Å². The summed E-state index contributed by atoms with van der Waals surface area (Å²) in [6, 6.07) is 6.08. The van der Waals surface area contributed by atoms with Crippen molar-refractivity contribution < 1.29 is 14.3 Å². The molecule has 1 aliphatic heterocycles. The summed E-state index contributed by atoms with van der Waals surface area (Å²) in [4.78, 5) is 16.0. The number of aromatic nitrogens is 2. The minimum atomic E-state index is -0.722. The Morgan fingerprint density at radius 2 is 2.29 bits per heavy atom. The Hall–Kier alpha value is -2.81. The van der Waals surface area contributed by atoms with Crippen molar-refractivity contribution in [2.24, 2.45) is 0 Å². The van der Waals surface area contributed by atoms with E-state index in [-0.39, 0.29) is 17.3 Å². The van der Waals surface area contributed by atoms with Crippen molar-refractivity contribution >= 4 is 17.4 Å². The maximum absolute atomic E-state index is 13.5. The van der Waals surface area contributed by atoms with E-state index < -0.39 is 11.9 Å². The molecule has 1 aliphatic rings. The number of halogens is 1. The standard InChI is InChI=1S/C11H4FN3S.C5H9NO2/c1-2-7-3-4-9(12)8(5-7)11-14-10(6-13)15-16-11;1-6-3-2-4(7)5(6)8/h1,3-5H;4,7H,2-3H2,1H3. The number of likely N-dealkylation sites (tertiary alicyclic amines) is 1. The summed E-state index contributed by atoms with van der Waals surface area (Å²) in [7, 11) is 1.69. The van der Waals surface area contributed by atoms with Crippen LogP contribution in [-0.4, -0.2) is 45.0 Å². The smallest absolute Gasteiger partial charge is 0.251 e. The summed E-state index contributed by atoms with van der Waals surface area (Å²) in [6.45, 7) is 0.694. The fraction of sp³-hybridized carbons (Fsp3) is 0.250. The van der Waals surface area contributed by atoms with Crippen LogP contribution < -0.4 is 0 Å². The van der Waals surface area contributed by atoms with E-state index in [2.05, 4.69) is 15.3 Å². The Morgan fingerprint density at radius 1 is 1.54 bits per heavy atom. The second-order valence-corrected chi connectivity index (χ2v) is 5.69. The first-order valence-electron chi connectivity index (χ1n) is 6.89. The summed E-state index contributed by atoms with van der Waals surface area (Å²) in [5.41, 5.74) is 0.833. The van der Waals surface area contributed by atoms with Gasteiger partial charge >= 0.3 is 0 Å².